The number of rotatable bonds is 2. The lowest BCUT2D eigenvalue weighted by atomic mass is 10.1. The second-order valence-corrected chi connectivity index (χ2v) is 3.15. The molecule has 0 unspecified atom stereocenters. The summed E-state index contributed by atoms with van der Waals surface area (Å²) in [5.74, 6) is -0.741. The van der Waals surface area contributed by atoms with Crippen LogP contribution in [0.3, 0.4) is 0 Å². The van der Waals surface area contributed by atoms with Crippen molar-refractivity contribution in [2.45, 2.75) is 18.5 Å². The molecule has 72 valence electrons. The van der Waals surface area contributed by atoms with Crippen LogP contribution in [0.1, 0.15) is 6.42 Å². The van der Waals surface area contributed by atoms with Gasteiger partial charge < -0.3 is 15.3 Å². The van der Waals surface area contributed by atoms with Gasteiger partial charge in [0.05, 0.1) is 0 Å². The van der Waals surface area contributed by atoms with E-state index in [2.05, 4.69) is 10.2 Å². The Morgan fingerprint density at radius 2 is 2.17 bits per heavy atom. The van der Waals surface area contributed by atoms with Crippen molar-refractivity contribution in [3.63, 3.8) is 0 Å². The number of hydrogen-bond acceptors (Lipinski definition) is 3. The Morgan fingerprint density at radius 3 is 2.42 bits per heavy atom. The van der Waals surface area contributed by atoms with Crippen LogP contribution >= 0.6 is 12.4 Å². The van der Waals surface area contributed by atoms with Gasteiger partial charge in [-0.05, 0) is 20.5 Å². The number of halogens is 1. The molecule has 1 saturated heterocycles. The first-order valence-electron chi connectivity index (χ1n) is 3.74. The monoisotopic (exact) mass is 194 g/mol. The van der Waals surface area contributed by atoms with E-state index in [1.54, 1.807) is 0 Å². The smallest absolute Gasteiger partial charge is 0.320 e. The molecule has 0 radical (unpaired) electrons. The number of carboxylic acids is 1. The lowest BCUT2D eigenvalue weighted by Crippen LogP contribution is -2.30. The highest BCUT2D eigenvalue weighted by Crippen LogP contribution is 2.10. The van der Waals surface area contributed by atoms with E-state index in [9.17, 15) is 4.79 Å². The first kappa shape index (κ1) is 11.7. The van der Waals surface area contributed by atoms with Crippen molar-refractivity contribution in [1.29, 1.82) is 0 Å². The van der Waals surface area contributed by atoms with Crippen LogP contribution in [0.2, 0.25) is 0 Å². The fourth-order valence-corrected chi connectivity index (χ4v) is 1.30. The number of aliphatic carboxylic acids is 1. The molecular formula is C7H15ClN2O2. The largest absolute Gasteiger partial charge is 0.480 e. The summed E-state index contributed by atoms with van der Waals surface area (Å²) in [6.07, 6.45) is 0.711. The molecule has 1 aliphatic rings. The molecule has 12 heavy (non-hydrogen) atoms. The van der Waals surface area contributed by atoms with Crippen LogP contribution in [-0.4, -0.2) is 48.7 Å². The molecule has 0 spiro atoms. The van der Waals surface area contributed by atoms with Crippen LogP contribution in [0.4, 0.5) is 0 Å². The fourth-order valence-electron chi connectivity index (χ4n) is 1.30. The Morgan fingerprint density at radius 1 is 1.58 bits per heavy atom. The molecule has 1 heterocycles. The predicted molar refractivity (Wildman–Crippen MR) is 48.8 cm³/mol. The molecule has 2 atom stereocenters. The minimum absolute atomic E-state index is 0. The van der Waals surface area contributed by atoms with Gasteiger partial charge in [-0.3, -0.25) is 4.79 Å². The van der Waals surface area contributed by atoms with Crippen LogP contribution in [0.25, 0.3) is 0 Å². The average molecular weight is 195 g/mol. The molecule has 0 bridgehead atoms. The summed E-state index contributed by atoms with van der Waals surface area (Å²) in [6, 6.07) is 0.0264. The van der Waals surface area contributed by atoms with Crippen molar-refractivity contribution in [1.82, 2.24) is 10.2 Å². The summed E-state index contributed by atoms with van der Waals surface area (Å²) < 4.78 is 0. The van der Waals surface area contributed by atoms with Crippen molar-refractivity contribution in [3.05, 3.63) is 0 Å². The SMILES string of the molecule is CN(C)[C@H]1CN[C@H](C(=O)O)C1.Cl. The Bertz CT molecular complexity index is 163. The lowest BCUT2D eigenvalue weighted by Gasteiger charge is -2.16. The summed E-state index contributed by atoms with van der Waals surface area (Å²) in [7, 11) is 3.94. The van der Waals surface area contributed by atoms with E-state index in [1.807, 2.05) is 14.1 Å². The molecule has 0 amide bonds. The zero-order valence-electron chi connectivity index (χ0n) is 7.28. The third-order valence-corrected chi connectivity index (χ3v) is 2.14. The summed E-state index contributed by atoms with van der Waals surface area (Å²) >= 11 is 0. The van der Waals surface area contributed by atoms with Crippen LogP contribution in [0.5, 0.6) is 0 Å². The Kier molecular flexibility index (Phi) is 4.52. The van der Waals surface area contributed by atoms with Gasteiger partial charge in [-0.15, -0.1) is 12.4 Å². The zero-order valence-corrected chi connectivity index (χ0v) is 8.10. The van der Waals surface area contributed by atoms with Crippen molar-refractivity contribution < 1.29 is 9.90 Å². The van der Waals surface area contributed by atoms with Gasteiger partial charge in [0, 0.05) is 12.6 Å². The van der Waals surface area contributed by atoms with E-state index >= 15 is 0 Å². The van der Waals surface area contributed by atoms with Crippen molar-refractivity contribution in [3.8, 4) is 0 Å². The number of carbonyl (C=O) groups is 1. The summed E-state index contributed by atoms with van der Waals surface area (Å²) in [5, 5.41) is 11.6. The van der Waals surface area contributed by atoms with E-state index in [4.69, 9.17) is 5.11 Å². The van der Waals surface area contributed by atoms with Gasteiger partial charge in [0.25, 0.3) is 0 Å². The highest BCUT2D eigenvalue weighted by Gasteiger charge is 2.29. The molecule has 0 aliphatic carbocycles. The van der Waals surface area contributed by atoms with Gasteiger partial charge in [-0.25, -0.2) is 0 Å². The van der Waals surface area contributed by atoms with Crippen molar-refractivity contribution >= 4 is 18.4 Å². The molecule has 0 aromatic heterocycles. The van der Waals surface area contributed by atoms with Gasteiger partial charge >= 0.3 is 5.97 Å². The van der Waals surface area contributed by atoms with E-state index in [0.717, 1.165) is 6.54 Å². The van der Waals surface area contributed by atoms with Crippen molar-refractivity contribution in [2.24, 2.45) is 0 Å². The standard InChI is InChI=1S/C7H14N2O2.ClH/c1-9(2)5-3-6(7(10)11)8-4-5;/h5-6,8H,3-4H2,1-2H3,(H,10,11);1H/t5-,6+;/m1./s1. The van der Waals surface area contributed by atoms with E-state index < -0.39 is 5.97 Å². The maximum Gasteiger partial charge on any atom is 0.320 e. The first-order chi connectivity index (χ1) is 5.11. The van der Waals surface area contributed by atoms with Gasteiger partial charge in [-0.1, -0.05) is 0 Å². The molecule has 2 N–H and O–H groups in total. The highest BCUT2D eigenvalue weighted by atomic mass is 35.5. The third kappa shape index (κ3) is 2.62. The van der Waals surface area contributed by atoms with Gasteiger partial charge in [0.2, 0.25) is 0 Å². The van der Waals surface area contributed by atoms with E-state index in [-0.39, 0.29) is 18.4 Å². The van der Waals surface area contributed by atoms with Crippen LogP contribution in [-0.2, 0) is 4.79 Å². The highest BCUT2D eigenvalue weighted by molar-refractivity contribution is 5.85. The molecule has 5 heteroatoms. The van der Waals surface area contributed by atoms with Gasteiger partial charge in [0.15, 0.2) is 0 Å². The molecular weight excluding hydrogens is 180 g/mol. The number of likely N-dealkylation sites (N-methyl/N-ethyl adjacent to an activating group) is 1. The minimum Gasteiger partial charge on any atom is -0.480 e. The minimum atomic E-state index is -0.741. The Hall–Kier alpha value is -0.320. The predicted octanol–water partition coefficient (Wildman–Crippen LogP) is -0.215. The fraction of sp³-hybridized carbons (Fsp3) is 0.857. The van der Waals surface area contributed by atoms with E-state index in [1.165, 1.54) is 0 Å². The topological polar surface area (TPSA) is 52.6 Å². The maximum atomic E-state index is 10.5. The second kappa shape index (κ2) is 4.64. The third-order valence-electron chi connectivity index (χ3n) is 2.14. The van der Waals surface area contributed by atoms with Gasteiger partial charge in [0.1, 0.15) is 6.04 Å². The zero-order chi connectivity index (χ0) is 8.43. The maximum absolute atomic E-state index is 10.5. The van der Waals surface area contributed by atoms with Gasteiger partial charge in [-0.2, -0.15) is 0 Å². The number of carboxylic acid groups (broad SMARTS) is 1. The normalized spacial score (nSPS) is 28.6. The molecule has 0 aromatic rings. The summed E-state index contributed by atoms with van der Waals surface area (Å²) in [6.45, 7) is 0.782. The quantitative estimate of drug-likeness (QED) is 0.639. The van der Waals surface area contributed by atoms with Crippen LogP contribution in [0, 0.1) is 0 Å². The number of nitrogens with one attached hydrogen (secondary N) is 1. The molecule has 1 rings (SSSR count). The summed E-state index contributed by atoms with van der Waals surface area (Å²) in [4.78, 5) is 12.5. The molecule has 4 nitrogen and oxygen atoms in total. The Labute approximate surface area is 78.3 Å². The Balaban J connectivity index is 0.00000121. The molecule has 0 aromatic carbocycles. The van der Waals surface area contributed by atoms with Crippen LogP contribution < -0.4 is 5.32 Å². The van der Waals surface area contributed by atoms with Crippen LogP contribution in [0.15, 0.2) is 0 Å². The number of nitrogens with zero attached hydrogens (tertiary/aromatic N) is 1. The average Bonchev–Trinajstić information content (AvgIpc) is 2.33. The molecule has 0 saturated carbocycles. The lowest BCUT2D eigenvalue weighted by molar-refractivity contribution is -0.139. The number of hydrogen-bond donors (Lipinski definition) is 2. The summed E-state index contributed by atoms with van der Waals surface area (Å²) in [5.41, 5.74) is 0. The first-order valence-corrected chi connectivity index (χ1v) is 3.74. The molecule has 1 aliphatic heterocycles. The van der Waals surface area contributed by atoms with Crippen molar-refractivity contribution in [2.75, 3.05) is 20.6 Å². The second-order valence-electron chi connectivity index (χ2n) is 3.15. The molecule has 1 fully saturated rings. The van der Waals surface area contributed by atoms with E-state index in [0.29, 0.717) is 12.5 Å².